The van der Waals surface area contributed by atoms with E-state index in [0.717, 1.165) is 29.8 Å². The highest BCUT2D eigenvalue weighted by Gasteiger charge is 2.24. The van der Waals surface area contributed by atoms with Crippen molar-refractivity contribution in [3.8, 4) is 11.5 Å². The topological polar surface area (TPSA) is 79.5 Å². The molecule has 0 fully saturated rings. The number of aromatic amines is 1. The second-order valence-electron chi connectivity index (χ2n) is 6.21. The molecule has 1 aliphatic heterocycles. The Labute approximate surface area is 155 Å². The Balaban J connectivity index is 1.75. The number of rotatable bonds is 7. The van der Waals surface area contributed by atoms with E-state index in [1.165, 1.54) is 11.0 Å². The highest BCUT2D eigenvalue weighted by molar-refractivity contribution is 5.93. The summed E-state index contributed by atoms with van der Waals surface area (Å²) in [6.07, 6.45) is 0.808. The van der Waals surface area contributed by atoms with Gasteiger partial charge in [-0.2, -0.15) is 13.9 Å². The number of H-pyrrole nitrogens is 1. The number of nitrogens with one attached hydrogen (secondary N) is 2. The number of benzene rings is 1. The van der Waals surface area contributed by atoms with Crippen LogP contribution in [0.4, 0.5) is 8.78 Å². The molecule has 0 radical (unpaired) electrons. The summed E-state index contributed by atoms with van der Waals surface area (Å²) < 4.78 is 34.9. The second kappa shape index (κ2) is 8.34. The maximum Gasteiger partial charge on any atom is 0.387 e. The van der Waals surface area contributed by atoms with Crippen LogP contribution in [-0.4, -0.2) is 47.8 Å². The average molecular weight is 380 g/mol. The number of aromatic nitrogens is 2. The number of amides is 1. The molecule has 0 saturated carbocycles. The summed E-state index contributed by atoms with van der Waals surface area (Å²) in [6, 6.07) is 4.66. The van der Waals surface area contributed by atoms with E-state index < -0.39 is 6.61 Å². The van der Waals surface area contributed by atoms with Crippen molar-refractivity contribution in [3.63, 3.8) is 0 Å². The molecule has 1 amide bonds. The van der Waals surface area contributed by atoms with Crippen LogP contribution in [0.3, 0.4) is 0 Å². The summed E-state index contributed by atoms with van der Waals surface area (Å²) in [6.45, 7) is 0.871. The van der Waals surface area contributed by atoms with Crippen LogP contribution in [0.5, 0.6) is 11.5 Å². The molecule has 0 unspecified atom stereocenters. The molecule has 9 heteroatoms. The molecule has 27 heavy (non-hydrogen) atoms. The van der Waals surface area contributed by atoms with Gasteiger partial charge in [0.15, 0.2) is 17.2 Å². The van der Waals surface area contributed by atoms with E-state index in [0.29, 0.717) is 18.8 Å². The van der Waals surface area contributed by atoms with Crippen LogP contribution in [0.15, 0.2) is 18.2 Å². The molecule has 0 atom stereocenters. The molecule has 2 N–H and O–H groups in total. The number of carbonyl (C=O) groups is 1. The number of fused-ring (bicyclic) bond motifs is 1. The van der Waals surface area contributed by atoms with Crippen molar-refractivity contribution in [1.82, 2.24) is 20.4 Å². The predicted octanol–water partition coefficient (Wildman–Crippen LogP) is 2.33. The van der Waals surface area contributed by atoms with Crippen LogP contribution in [-0.2, 0) is 19.5 Å². The smallest absolute Gasteiger partial charge is 0.387 e. The standard InChI is InChI=1S/C18H22F2N4O3/c1-3-26-15-8-11(4-5-14(15)27-18(19)20)10-24(2)17(25)16-12-9-21-7-6-13(12)22-23-16/h4-5,8,18,21H,3,6-7,9-10H2,1-2H3,(H,22,23). The SMILES string of the molecule is CCOc1cc(CN(C)C(=O)c2n[nH]c3c2CNCC3)ccc1OC(F)F. The van der Waals surface area contributed by atoms with E-state index in [1.54, 1.807) is 26.1 Å². The number of hydrogen-bond acceptors (Lipinski definition) is 5. The van der Waals surface area contributed by atoms with Gasteiger partial charge in [0, 0.05) is 44.4 Å². The summed E-state index contributed by atoms with van der Waals surface area (Å²) in [5, 5.41) is 10.3. The maximum absolute atomic E-state index is 12.8. The van der Waals surface area contributed by atoms with E-state index >= 15 is 0 Å². The minimum atomic E-state index is -2.93. The fourth-order valence-electron chi connectivity index (χ4n) is 3.04. The van der Waals surface area contributed by atoms with Gasteiger partial charge in [0.05, 0.1) is 6.61 Å². The Bertz CT molecular complexity index is 810. The molecule has 1 aromatic heterocycles. The van der Waals surface area contributed by atoms with Gasteiger partial charge in [-0.25, -0.2) is 0 Å². The summed E-state index contributed by atoms with van der Waals surface area (Å²) >= 11 is 0. The van der Waals surface area contributed by atoms with E-state index in [-0.39, 0.29) is 24.0 Å². The van der Waals surface area contributed by atoms with Gasteiger partial charge in [0.1, 0.15) is 0 Å². The van der Waals surface area contributed by atoms with Gasteiger partial charge in [-0.05, 0) is 24.6 Å². The van der Waals surface area contributed by atoms with Crippen LogP contribution >= 0.6 is 0 Å². The third kappa shape index (κ3) is 4.36. The molecule has 0 saturated heterocycles. The molecule has 7 nitrogen and oxygen atoms in total. The Morgan fingerprint density at radius 2 is 2.19 bits per heavy atom. The lowest BCUT2D eigenvalue weighted by Gasteiger charge is -2.19. The third-order valence-corrected chi connectivity index (χ3v) is 4.30. The summed E-state index contributed by atoms with van der Waals surface area (Å²) in [7, 11) is 1.67. The summed E-state index contributed by atoms with van der Waals surface area (Å²) in [5.74, 6) is -0.0170. The Hall–Kier alpha value is -2.68. The molecule has 2 aromatic rings. The first kappa shape index (κ1) is 19.1. The van der Waals surface area contributed by atoms with Gasteiger partial charge in [-0.15, -0.1) is 0 Å². The van der Waals surface area contributed by atoms with Crippen LogP contribution in [0, 0.1) is 0 Å². The Morgan fingerprint density at radius 1 is 1.37 bits per heavy atom. The lowest BCUT2D eigenvalue weighted by Crippen LogP contribution is -2.30. The van der Waals surface area contributed by atoms with Gasteiger partial charge >= 0.3 is 6.61 Å². The van der Waals surface area contributed by atoms with E-state index in [1.807, 2.05) is 0 Å². The number of alkyl halides is 2. The largest absolute Gasteiger partial charge is 0.490 e. The fraction of sp³-hybridized carbons (Fsp3) is 0.444. The number of halogens is 2. The number of hydrogen-bond donors (Lipinski definition) is 2. The van der Waals surface area contributed by atoms with E-state index in [2.05, 4.69) is 20.3 Å². The first-order valence-electron chi connectivity index (χ1n) is 8.72. The zero-order valence-electron chi connectivity index (χ0n) is 15.2. The Kier molecular flexibility index (Phi) is 5.90. The van der Waals surface area contributed by atoms with Crippen molar-refractivity contribution in [1.29, 1.82) is 0 Å². The number of carbonyl (C=O) groups excluding carboxylic acids is 1. The number of ether oxygens (including phenoxy) is 2. The molecule has 0 aliphatic carbocycles. The highest BCUT2D eigenvalue weighted by Crippen LogP contribution is 2.30. The minimum absolute atomic E-state index is 0.0305. The summed E-state index contributed by atoms with van der Waals surface area (Å²) in [4.78, 5) is 14.3. The van der Waals surface area contributed by atoms with Crippen LogP contribution in [0.1, 0.15) is 34.2 Å². The van der Waals surface area contributed by atoms with Gasteiger partial charge in [-0.3, -0.25) is 9.89 Å². The number of nitrogens with zero attached hydrogens (tertiary/aromatic N) is 2. The van der Waals surface area contributed by atoms with Crippen molar-refractivity contribution in [2.75, 3.05) is 20.2 Å². The van der Waals surface area contributed by atoms with Crippen molar-refractivity contribution in [2.45, 2.75) is 33.0 Å². The van der Waals surface area contributed by atoms with E-state index in [9.17, 15) is 13.6 Å². The molecule has 3 rings (SSSR count). The molecular weight excluding hydrogens is 358 g/mol. The van der Waals surface area contributed by atoms with Crippen LogP contribution in [0.25, 0.3) is 0 Å². The van der Waals surface area contributed by atoms with Crippen molar-refractivity contribution < 1.29 is 23.0 Å². The first-order valence-corrected chi connectivity index (χ1v) is 8.72. The van der Waals surface area contributed by atoms with Gasteiger partial charge in [0.2, 0.25) is 0 Å². The van der Waals surface area contributed by atoms with Gasteiger partial charge in [-0.1, -0.05) is 6.07 Å². The van der Waals surface area contributed by atoms with Crippen LogP contribution < -0.4 is 14.8 Å². The lowest BCUT2D eigenvalue weighted by atomic mass is 10.1. The fourth-order valence-corrected chi connectivity index (χ4v) is 3.04. The lowest BCUT2D eigenvalue weighted by molar-refractivity contribution is -0.0514. The molecule has 1 aromatic carbocycles. The third-order valence-electron chi connectivity index (χ3n) is 4.30. The Morgan fingerprint density at radius 3 is 2.93 bits per heavy atom. The van der Waals surface area contributed by atoms with Crippen molar-refractivity contribution in [2.24, 2.45) is 0 Å². The van der Waals surface area contributed by atoms with Crippen molar-refractivity contribution in [3.05, 3.63) is 40.7 Å². The predicted molar refractivity (Wildman–Crippen MR) is 94.0 cm³/mol. The highest BCUT2D eigenvalue weighted by atomic mass is 19.3. The van der Waals surface area contributed by atoms with Gasteiger partial charge < -0.3 is 19.7 Å². The minimum Gasteiger partial charge on any atom is -0.490 e. The molecule has 2 heterocycles. The van der Waals surface area contributed by atoms with Crippen LogP contribution in [0.2, 0.25) is 0 Å². The second-order valence-corrected chi connectivity index (χ2v) is 6.21. The zero-order valence-corrected chi connectivity index (χ0v) is 15.2. The molecule has 0 spiro atoms. The van der Waals surface area contributed by atoms with Gasteiger partial charge in [0.25, 0.3) is 5.91 Å². The maximum atomic E-state index is 12.8. The quantitative estimate of drug-likeness (QED) is 0.771. The normalized spacial score (nSPS) is 13.4. The summed E-state index contributed by atoms with van der Waals surface area (Å²) in [5.41, 5.74) is 3.02. The molecular formula is C18H22F2N4O3. The average Bonchev–Trinajstić information content (AvgIpc) is 3.07. The monoisotopic (exact) mass is 380 g/mol. The zero-order chi connectivity index (χ0) is 19.4. The molecule has 146 valence electrons. The molecule has 1 aliphatic rings. The molecule has 0 bridgehead atoms. The first-order chi connectivity index (χ1) is 13.0. The van der Waals surface area contributed by atoms with E-state index in [4.69, 9.17) is 4.74 Å². The van der Waals surface area contributed by atoms with Crippen molar-refractivity contribution >= 4 is 5.91 Å².